The van der Waals surface area contributed by atoms with Gasteiger partial charge in [0.2, 0.25) is 0 Å². The summed E-state index contributed by atoms with van der Waals surface area (Å²) in [6.45, 7) is 2.75. The van der Waals surface area contributed by atoms with Crippen LogP contribution in [0.1, 0.15) is 30.4 Å². The molecule has 0 aromatic heterocycles. The first-order chi connectivity index (χ1) is 7.29. The van der Waals surface area contributed by atoms with Gasteiger partial charge in [-0.3, -0.25) is 0 Å². The highest BCUT2D eigenvalue weighted by atomic mass is 16.5. The predicted octanol–water partition coefficient (Wildman–Crippen LogP) is 3.05. The maximum absolute atomic E-state index is 8.90. The molecule has 0 saturated heterocycles. The fraction of sp³-hybridized carbons (Fsp3) is 0.462. The summed E-state index contributed by atoms with van der Waals surface area (Å²) in [7, 11) is 0. The Hall–Kier alpha value is -1.49. The van der Waals surface area contributed by atoms with Crippen molar-refractivity contribution < 1.29 is 4.74 Å². The van der Waals surface area contributed by atoms with Crippen LogP contribution in [0.4, 0.5) is 0 Å². The smallest absolute Gasteiger partial charge is 0.137 e. The Morgan fingerprint density at radius 3 is 2.93 bits per heavy atom. The van der Waals surface area contributed by atoms with Crippen molar-refractivity contribution in [3.63, 3.8) is 0 Å². The summed E-state index contributed by atoms with van der Waals surface area (Å²) >= 11 is 0. The molecule has 0 amide bonds. The van der Waals surface area contributed by atoms with E-state index < -0.39 is 0 Å². The van der Waals surface area contributed by atoms with Crippen LogP contribution in [0.25, 0.3) is 0 Å². The van der Waals surface area contributed by atoms with Gasteiger partial charge >= 0.3 is 0 Å². The SMILES string of the molecule is Cc1ccc(C#N)c(OCCC2CC2)c1. The fourth-order valence-electron chi connectivity index (χ4n) is 1.58. The minimum atomic E-state index is 0.636. The van der Waals surface area contributed by atoms with Gasteiger partial charge in [0.05, 0.1) is 12.2 Å². The molecule has 0 unspecified atom stereocenters. The van der Waals surface area contributed by atoms with Crippen LogP contribution in [0.3, 0.4) is 0 Å². The first-order valence-electron chi connectivity index (χ1n) is 5.43. The van der Waals surface area contributed by atoms with Gasteiger partial charge in [-0.25, -0.2) is 0 Å². The fourth-order valence-corrected chi connectivity index (χ4v) is 1.58. The van der Waals surface area contributed by atoms with Crippen molar-refractivity contribution in [3.8, 4) is 11.8 Å². The van der Waals surface area contributed by atoms with Gasteiger partial charge in [-0.15, -0.1) is 0 Å². The third kappa shape index (κ3) is 2.73. The highest BCUT2D eigenvalue weighted by Crippen LogP contribution is 2.32. The summed E-state index contributed by atoms with van der Waals surface area (Å²) in [5.74, 6) is 1.61. The van der Waals surface area contributed by atoms with Crippen LogP contribution in [-0.4, -0.2) is 6.61 Å². The highest BCUT2D eigenvalue weighted by Gasteiger charge is 2.20. The van der Waals surface area contributed by atoms with E-state index in [4.69, 9.17) is 10.00 Å². The molecule has 0 heterocycles. The van der Waals surface area contributed by atoms with E-state index in [0.717, 1.165) is 30.3 Å². The maximum Gasteiger partial charge on any atom is 0.137 e. The van der Waals surface area contributed by atoms with Crippen LogP contribution in [0.2, 0.25) is 0 Å². The molecule has 0 bridgehead atoms. The molecule has 78 valence electrons. The molecular weight excluding hydrogens is 186 g/mol. The Kier molecular flexibility index (Phi) is 2.91. The average Bonchev–Trinajstić information content (AvgIpc) is 3.02. The molecule has 1 aliphatic rings. The normalized spacial score (nSPS) is 14.7. The Morgan fingerprint density at radius 1 is 1.47 bits per heavy atom. The van der Waals surface area contributed by atoms with E-state index in [1.54, 1.807) is 0 Å². The number of ether oxygens (including phenoxy) is 1. The molecule has 2 rings (SSSR count). The molecule has 1 saturated carbocycles. The number of nitrogens with zero attached hydrogens (tertiary/aromatic N) is 1. The predicted molar refractivity (Wildman–Crippen MR) is 58.7 cm³/mol. The van der Waals surface area contributed by atoms with E-state index >= 15 is 0 Å². The summed E-state index contributed by atoms with van der Waals surface area (Å²) in [4.78, 5) is 0. The molecule has 0 atom stereocenters. The first kappa shape index (κ1) is 10.0. The molecular formula is C13H15NO. The summed E-state index contributed by atoms with van der Waals surface area (Å²) in [6, 6.07) is 7.85. The minimum absolute atomic E-state index is 0.636. The van der Waals surface area contributed by atoms with Gasteiger partial charge in [-0.2, -0.15) is 5.26 Å². The molecule has 0 N–H and O–H groups in total. The standard InChI is InChI=1S/C13H15NO/c1-10-2-5-12(9-14)13(8-10)15-7-6-11-3-4-11/h2,5,8,11H,3-4,6-7H2,1H3. The second-order valence-electron chi connectivity index (χ2n) is 4.19. The van der Waals surface area contributed by atoms with Gasteiger partial charge in [0, 0.05) is 0 Å². The van der Waals surface area contributed by atoms with Crippen molar-refractivity contribution in [3.05, 3.63) is 29.3 Å². The molecule has 0 radical (unpaired) electrons. The van der Waals surface area contributed by atoms with Gasteiger partial charge in [-0.05, 0) is 37.0 Å². The van der Waals surface area contributed by atoms with Crippen molar-refractivity contribution in [2.75, 3.05) is 6.61 Å². The molecule has 0 aliphatic heterocycles. The van der Waals surface area contributed by atoms with Gasteiger partial charge in [0.1, 0.15) is 11.8 Å². The lowest BCUT2D eigenvalue weighted by molar-refractivity contribution is 0.301. The van der Waals surface area contributed by atoms with Crippen LogP contribution >= 0.6 is 0 Å². The molecule has 2 nitrogen and oxygen atoms in total. The van der Waals surface area contributed by atoms with Gasteiger partial charge < -0.3 is 4.74 Å². The van der Waals surface area contributed by atoms with Crippen molar-refractivity contribution in [1.82, 2.24) is 0 Å². The molecule has 0 spiro atoms. The Balaban J connectivity index is 1.98. The Bertz CT molecular complexity index is 388. The van der Waals surface area contributed by atoms with E-state index in [1.807, 2.05) is 25.1 Å². The van der Waals surface area contributed by atoms with Gasteiger partial charge in [0.15, 0.2) is 0 Å². The van der Waals surface area contributed by atoms with Gasteiger partial charge in [-0.1, -0.05) is 18.9 Å². The zero-order chi connectivity index (χ0) is 10.7. The van der Waals surface area contributed by atoms with Gasteiger partial charge in [0.25, 0.3) is 0 Å². The zero-order valence-electron chi connectivity index (χ0n) is 8.99. The first-order valence-corrected chi connectivity index (χ1v) is 5.43. The van der Waals surface area contributed by atoms with E-state index in [0.29, 0.717) is 5.56 Å². The quantitative estimate of drug-likeness (QED) is 0.750. The molecule has 1 aromatic rings. The summed E-state index contributed by atoms with van der Waals surface area (Å²) in [5.41, 5.74) is 1.77. The average molecular weight is 201 g/mol. The molecule has 1 aliphatic carbocycles. The zero-order valence-corrected chi connectivity index (χ0v) is 8.99. The van der Waals surface area contributed by atoms with Crippen molar-refractivity contribution in [2.24, 2.45) is 5.92 Å². The number of aryl methyl sites for hydroxylation is 1. The lowest BCUT2D eigenvalue weighted by atomic mass is 10.1. The number of hydrogen-bond donors (Lipinski definition) is 0. The highest BCUT2D eigenvalue weighted by molar-refractivity contribution is 5.44. The van der Waals surface area contributed by atoms with E-state index in [1.165, 1.54) is 12.8 Å². The summed E-state index contributed by atoms with van der Waals surface area (Å²) in [6.07, 6.45) is 3.82. The van der Waals surface area contributed by atoms with Crippen LogP contribution in [0.5, 0.6) is 5.75 Å². The number of benzene rings is 1. The number of hydrogen-bond acceptors (Lipinski definition) is 2. The van der Waals surface area contributed by atoms with Crippen molar-refractivity contribution in [1.29, 1.82) is 5.26 Å². The lowest BCUT2D eigenvalue weighted by Crippen LogP contribution is -2.00. The van der Waals surface area contributed by atoms with Crippen LogP contribution < -0.4 is 4.74 Å². The second kappa shape index (κ2) is 4.35. The molecule has 1 fully saturated rings. The third-order valence-electron chi connectivity index (χ3n) is 2.74. The second-order valence-corrected chi connectivity index (χ2v) is 4.19. The van der Waals surface area contributed by atoms with Crippen LogP contribution in [0.15, 0.2) is 18.2 Å². The van der Waals surface area contributed by atoms with Crippen molar-refractivity contribution >= 4 is 0 Å². The molecule has 15 heavy (non-hydrogen) atoms. The van der Waals surface area contributed by atoms with Crippen LogP contribution in [-0.2, 0) is 0 Å². The number of nitriles is 1. The minimum Gasteiger partial charge on any atom is -0.492 e. The molecule has 1 aromatic carbocycles. The summed E-state index contributed by atoms with van der Waals surface area (Å²) < 4.78 is 5.64. The molecule has 2 heteroatoms. The lowest BCUT2D eigenvalue weighted by Gasteiger charge is -2.07. The Labute approximate surface area is 90.5 Å². The third-order valence-corrected chi connectivity index (χ3v) is 2.74. The maximum atomic E-state index is 8.90. The van der Waals surface area contributed by atoms with E-state index in [9.17, 15) is 0 Å². The number of rotatable bonds is 4. The van der Waals surface area contributed by atoms with E-state index in [2.05, 4.69) is 6.07 Å². The van der Waals surface area contributed by atoms with Crippen LogP contribution in [0, 0.1) is 24.2 Å². The largest absolute Gasteiger partial charge is 0.492 e. The van der Waals surface area contributed by atoms with Crippen molar-refractivity contribution in [2.45, 2.75) is 26.2 Å². The topological polar surface area (TPSA) is 33.0 Å². The summed E-state index contributed by atoms with van der Waals surface area (Å²) in [5, 5.41) is 8.90. The monoisotopic (exact) mass is 201 g/mol. The van der Waals surface area contributed by atoms with E-state index in [-0.39, 0.29) is 0 Å². The Morgan fingerprint density at radius 2 is 2.27 bits per heavy atom.